The van der Waals surface area contributed by atoms with Crippen molar-refractivity contribution in [3.8, 4) is 28.4 Å². The van der Waals surface area contributed by atoms with Crippen molar-refractivity contribution in [3.05, 3.63) is 90.2 Å². The molecule has 0 radical (unpaired) electrons. The average molecular weight is 545 g/mol. The molecular formula is C35H44O5. The minimum atomic E-state index is -0.385. The summed E-state index contributed by atoms with van der Waals surface area (Å²) in [6, 6.07) is 18.9. The highest BCUT2D eigenvalue weighted by Crippen LogP contribution is 2.31. The number of rotatable bonds is 18. The lowest BCUT2D eigenvalue weighted by Crippen LogP contribution is -2.08. The Morgan fingerprint density at radius 3 is 1.73 bits per heavy atom. The van der Waals surface area contributed by atoms with Gasteiger partial charge in [0.25, 0.3) is 0 Å². The molecule has 5 heteroatoms. The zero-order valence-corrected chi connectivity index (χ0v) is 24.4. The topological polar surface area (TPSA) is 54.0 Å². The first kappa shape index (κ1) is 30.8. The predicted octanol–water partition coefficient (Wildman–Crippen LogP) is 9.25. The van der Waals surface area contributed by atoms with Gasteiger partial charge < -0.3 is 18.9 Å². The molecule has 0 heterocycles. The average Bonchev–Trinajstić information content (AvgIpc) is 2.96. The quantitative estimate of drug-likeness (QED) is 0.0691. The van der Waals surface area contributed by atoms with Gasteiger partial charge in [-0.25, -0.2) is 4.79 Å². The van der Waals surface area contributed by atoms with E-state index in [4.69, 9.17) is 18.9 Å². The number of esters is 1. The fraction of sp³-hybridized carbons (Fsp3) is 0.400. The lowest BCUT2D eigenvalue weighted by molar-refractivity contribution is 0.0734. The van der Waals surface area contributed by atoms with Gasteiger partial charge in [0.15, 0.2) is 0 Å². The van der Waals surface area contributed by atoms with Crippen LogP contribution in [0.25, 0.3) is 11.1 Å². The van der Waals surface area contributed by atoms with Crippen LogP contribution in [0.2, 0.25) is 0 Å². The summed E-state index contributed by atoms with van der Waals surface area (Å²) in [6.07, 6.45) is 12.5. The summed E-state index contributed by atoms with van der Waals surface area (Å²) < 4.78 is 22.0. The number of hydrogen-bond acceptors (Lipinski definition) is 5. The third-order valence-electron chi connectivity index (χ3n) is 7.02. The Morgan fingerprint density at radius 1 is 0.675 bits per heavy atom. The van der Waals surface area contributed by atoms with Gasteiger partial charge >= 0.3 is 5.97 Å². The van der Waals surface area contributed by atoms with Crippen molar-refractivity contribution >= 4 is 5.97 Å². The van der Waals surface area contributed by atoms with E-state index in [-0.39, 0.29) is 5.97 Å². The highest BCUT2D eigenvalue weighted by molar-refractivity contribution is 5.91. The van der Waals surface area contributed by atoms with Crippen LogP contribution in [0.15, 0.2) is 73.5 Å². The zero-order chi connectivity index (χ0) is 28.6. The Kier molecular flexibility index (Phi) is 13.1. The van der Waals surface area contributed by atoms with Gasteiger partial charge in [0, 0.05) is 0 Å². The highest BCUT2D eigenvalue weighted by atomic mass is 16.5. The van der Waals surface area contributed by atoms with E-state index >= 15 is 0 Å². The Morgan fingerprint density at radius 2 is 1.18 bits per heavy atom. The zero-order valence-electron chi connectivity index (χ0n) is 24.4. The first-order valence-corrected chi connectivity index (χ1v) is 14.4. The van der Waals surface area contributed by atoms with Gasteiger partial charge in [0.2, 0.25) is 0 Å². The van der Waals surface area contributed by atoms with Gasteiger partial charge in [-0.2, -0.15) is 0 Å². The molecule has 3 rings (SSSR count). The molecule has 0 unspecified atom stereocenters. The van der Waals surface area contributed by atoms with E-state index in [1.807, 2.05) is 49.4 Å². The van der Waals surface area contributed by atoms with Crippen LogP contribution in [0.5, 0.6) is 17.2 Å². The maximum absolute atomic E-state index is 12.7. The first-order valence-electron chi connectivity index (χ1n) is 14.4. The maximum Gasteiger partial charge on any atom is 0.343 e. The standard InChI is InChI=1S/C35H44O5/c1-5-38-23-13-11-9-7-6-8-10-12-14-24-39-30-17-15-29(16-18-30)35(36)40-32-20-22-34(28(3)26-32)33-21-19-31(37-4)25-27(33)2/h5,15-22,25-26H,1,6-14,23-24H2,2-4H3. The molecule has 214 valence electrons. The van der Waals surface area contributed by atoms with E-state index < -0.39 is 0 Å². The molecule has 0 aliphatic rings. The van der Waals surface area contributed by atoms with Crippen molar-refractivity contribution in [3.63, 3.8) is 0 Å². The number of carbonyl (C=O) groups excluding carboxylic acids is 1. The minimum Gasteiger partial charge on any atom is -0.502 e. The second kappa shape index (κ2) is 17.1. The molecule has 0 N–H and O–H groups in total. The summed E-state index contributed by atoms with van der Waals surface area (Å²) in [5.41, 5.74) is 4.88. The summed E-state index contributed by atoms with van der Waals surface area (Å²) in [5, 5.41) is 0. The van der Waals surface area contributed by atoms with Crippen LogP contribution in [0.1, 0.15) is 79.3 Å². The van der Waals surface area contributed by atoms with Crippen LogP contribution >= 0.6 is 0 Å². The van der Waals surface area contributed by atoms with Gasteiger partial charge in [-0.15, -0.1) is 0 Å². The molecule has 0 fully saturated rings. The third-order valence-corrected chi connectivity index (χ3v) is 7.02. The SMILES string of the molecule is C=COCCCCCCCCCCCOc1ccc(C(=O)Oc2ccc(-c3ccc(OC)cc3C)c(C)c2)cc1. The maximum atomic E-state index is 12.7. The molecule has 5 nitrogen and oxygen atoms in total. The number of methoxy groups -OCH3 is 1. The Hall–Kier alpha value is -3.73. The molecular weight excluding hydrogens is 500 g/mol. The summed E-state index contributed by atoms with van der Waals surface area (Å²) >= 11 is 0. The number of aryl methyl sites for hydroxylation is 2. The van der Waals surface area contributed by atoms with Crippen molar-refractivity contribution < 1.29 is 23.7 Å². The van der Waals surface area contributed by atoms with Crippen molar-refractivity contribution in [2.24, 2.45) is 0 Å². The largest absolute Gasteiger partial charge is 0.502 e. The third kappa shape index (κ3) is 10.1. The van der Waals surface area contributed by atoms with Crippen LogP contribution in [0.4, 0.5) is 0 Å². The molecule has 40 heavy (non-hydrogen) atoms. The van der Waals surface area contributed by atoms with Crippen molar-refractivity contribution in [2.45, 2.75) is 71.6 Å². The molecule has 0 bridgehead atoms. The molecule has 0 spiro atoms. The van der Waals surface area contributed by atoms with Crippen LogP contribution in [-0.4, -0.2) is 26.3 Å². The molecule has 0 aliphatic heterocycles. The lowest BCUT2D eigenvalue weighted by atomic mass is 9.96. The number of hydrogen-bond donors (Lipinski definition) is 0. The van der Waals surface area contributed by atoms with Crippen LogP contribution in [0.3, 0.4) is 0 Å². The molecule has 0 amide bonds. The summed E-state index contributed by atoms with van der Waals surface area (Å²) in [7, 11) is 1.67. The van der Waals surface area contributed by atoms with E-state index in [0.29, 0.717) is 17.9 Å². The number of benzene rings is 3. The van der Waals surface area contributed by atoms with Crippen LogP contribution in [-0.2, 0) is 4.74 Å². The Labute approximate surface area is 240 Å². The number of ether oxygens (including phenoxy) is 4. The predicted molar refractivity (Wildman–Crippen MR) is 163 cm³/mol. The normalized spacial score (nSPS) is 10.7. The van der Waals surface area contributed by atoms with Gasteiger partial charge in [-0.3, -0.25) is 0 Å². The summed E-state index contributed by atoms with van der Waals surface area (Å²) in [6.45, 7) is 9.11. The van der Waals surface area contributed by atoms with Crippen molar-refractivity contribution in [2.75, 3.05) is 20.3 Å². The molecule has 0 aromatic heterocycles. The van der Waals surface area contributed by atoms with E-state index in [0.717, 1.165) is 53.2 Å². The second-order valence-corrected chi connectivity index (χ2v) is 10.1. The number of carbonyl (C=O) groups is 1. The van der Waals surface area contributed by atoms with E-state index in [9.17, 15) is 4.79 Å². The second-order valence-electron chi connectivity index (χ2n) is 10.1. The number of unbranched alkanes of at least 4 members (excludes halogenated alkanes) is 8. The molecule has 3 aromatic rings. The van der Waals surface area contributed by atoms with Gasteiger partial charge in [0.1, 0.15) is 17.2 Å². The minimum absolute atomic E-state index is 0.385. The van der Waals surface area contributed by atoms with E-state index in [2.05, 4.69) is 19.6 Å². The van der Waals surface area contributed by atoms with Gasteiger partial charge in [0.05, 0.1) is 32.1 Å². The Bertz CT molecular complexity index is 1200. The van der Waals surface area contributed by atoms with Crippen LogP contribution in [0, 0.1) is 13.8 Å². The summed E-state index contributed by atoms with van der Waals surface area (Å²) in [5.74, 6) is 1.74. The fourth-order valence-corrected chi connectivity index (χ4v) is 4.72. The van der Waals surface area contributed by atoms with E-state index in [1.165, 1.54) is 51.2 Å². The fourth-order valence-electron chi connectivity index (χ4n) is 4.72. The van der Waals surface area contributed by atoms with E-state index in [1.54, 1.807) is 19.2 Å². The smallest absolute Gasteiger partial charge is 0.343 e. The van der Waals surface area contributed by atoms with Crippen molar-refractivity contribution in [1.82, 2.24) is 0 Å². The Balaban J connectivity index is 1.35. The molecule has 0 atom stereocenters. The highest BCUT2D eigenvalue weighted by Gasteiger charge is 2.12. The molecule has 0 saturated heterocycles. The molecule has 0 saturated carbocycles. The molecule has 0 aliphatic carbocycles. The van der Waals surface area contributed by atoms with Crippen LogP contribution < -0.4 is 14.2 Å². The van der Waals surface area contributed by atoms with Crippen molar-refractivity contribution in [1.29, 1.82) is 0 Å². The van der Waals surface area contributed by atoms with Gasteiger partial charge in [-0.1, -0.05) is 63.7 Å². The first-order chi connectivity index (χ1) is 19.5. The van der Waals surface area contributed by atoms with Gasteiger partial charge in [-0.05, 0) is 97.5 Å². The lowest BCUT2D eigenvalue weighted by Gasteiger charge is -2.13. The monoisotopic (exact) mass is 544 g/mol. The molecule has 3 aromatic carbocycles. The summed E-state index contributed by atoms with van der Waals surface area (Å²) in [4.78, 5) is 12.7.